The number of hydrogen-bond donors (Lipinski definition) is 2. The number of nitrogens with zero attached hydrogens (tertiary/aromatic N) is 2. The Morgan fingerprint density at radius 2 is 2.18 bits per heavy atom. The fourth-order valence-corrected chi connectivity index (χ4v) is 1.43. The summed E-state index contributed by atoms with van der Waals surface area (Å²) in [6, 6.07) is 3.01. The molecule has 1 heterocycles. The maximum absolute atomic E-state index is 12.0. The van der Waals surface area contributed by atoms with E-state index in [2.05, 4.69) is 31.9 Å². The molecular weight excluding hydrogens is 297 g/mol. The number of alkyl halides is 3. The average molecular weight is 316 g/mol. The predicted octanol–water partition coefficient (Wildman–Crippen LogP) is 2.26. The highest BCUT2D eigenvalue weighted by molar-refractivity contribution is 5.79. The van der Waals surface area contributed by atoms with Crippen LogP contribution in [0.4, 0.5) is 13.2 Å². The van der Waals surface area contributed by atoms with Crippen molar-refractivity contribution in [2.75, 3.05) is 19.7 Å². The Bertz CT molecular complexity index is 486. The molecule has 0 atom stereocenters. The second-order valence-electron chi connectivity index (χ2n) is 4.27. The van der Waals surface area contributed by atoms with E-state index in [1.54, 1.807) is 12.1 Å². The van der Waals surface area contributed by atoms with Crippen LogP contribution in [-0.4, -0.2) is 36.8 Å². The zero-order valence-corrected chi connectivity index (χ0v) is 12.3. The fraction of sp³-hybridized carbons (Fsp3) is 0.429. The van der Waals surface area contributed by atoms with Gasteiger partial charge in [0, 0.05) is 25.4 Å². The summed E-state index contributed by atoms with van der Waals surface area (Å²) in [5, 5.41) is 6.10. The molecule has 0 saturated heterocycles. The third-order valence-electron chi connectivity index (χ3n) is 2.36. The molecule has 1 rings (SSSR count). The van der Waals surface area contributed by atoms with Crippen LogP contribution in [0.5, 0.6) is 5.88 Å². The Kier molecular flexibility index (Phi) is 7.21. The van der Waals surface area contributed by atoms with Crippen molar-refractivity contribution < 1.29 is 17.9 Å². The first-order valence-electron chi connectivity index (χ1n) is 6.72. The first-order valence-corrected chi connectivity index (χ1v) is 6.72. The van der Waals surface area contributed by atoms with E-state index in [1.165, 1.54) is 12.3 Å². The van der Waals surface area contributed by atoms with E-state index >= 15 is 0 Å². The Morgan fingerprint density at radius 1 is 1.41 bits per heavy atom. The minimum absolute atomic E-state index is 0.0678. The summed E-state index contributed by atoms with van der Waals surface area (Å²) >= 11 is 0. The van der Waals surface area contributed by atoms with Crippen molar-refractivity contribution in [2.24, 2.45) is 4.99 Å². The summed E-state index contributed by atoms with van der Waals surface area (Å²) < 4.78 is 40.6. The molecule has 0 radical (unpaired) electrons. The maximum atomic E-state index is 12.0. The van der Waals surface area contributed by atoms with Crippen molar-refractivity contribution in [3.63, 3.8) is 0 Å². The molecule has 0 aliphatic heterocycles. The van der Waals surface area contributed by atoms with Crippen LogP contribution in [-0.2, 0) is 6.54 Å². The topological polar surface area (TPSA) is 58.5 Å². The largest absolute Gasteiger partial charge is 0.468 e. The van der Waals surface area contributed by atoms with E-state index in [-0.39, 0.29) is 5.88 Å². The standard InChI is InChI=1S/C14H19F3N4O/c1-3-7-19-13(18-4-2)21-9-11-5-6-12(20-8-11)22-10-14(15,16)17/h3,5-6,8H,1,4,7,9-10H2,2H3,(H2,18,19,21). The highest BCUT2D eigenvalue weighted by Crippen LogP contribution is 2.17. The summed E-state index contributed by atoms with van der Waals surface area (Å²) in [4.78, 5) is 8.14. The molecule has 22 heavy (non-hydrogen) atoms. The second kappa shape index (κ2) is 8.91. The van der Waals surface area contributed by atoms with E-state index in [9.17, 15) is 13.2 Å². The monoisotopic (exact) mass is 316 g/mol. The van der Waals surface area contributed by atoms with Crippen molar-refractivity contribution >= 4 is 5.96 Å². The lowest BCUT2D eigenvalue weighted by atomic mass is 10.3. The molecule has 0 fully saturated rings. The summed E-state index contributed by atoms with van der Waals surface area (Å²) in [6.45, 7) is 5.83. The van der Waals surface area contributed by atoms with Gasteiger partial charge in [0.1, 0.15) is 0 Å². The Balaban J connectivity index is 2.56. The van der Waals surface area contributed by atoms with Gasteiger partial charge in [-0.1, -0.05) is 12.1 Å². The number of aromatic nitrogens is 1. The van der Waals surface area contributed by atoms with E-state index in [1.807, 2.05) is 6.92 Å². The van der Waals surface area contributed by atoms with Crippen molar-refractivity contribution in [3.05, 3.63) is 36.5 Å². The smallest absolute Gasteiger partial charge is 0.422 e. The fourth-order valence-electron chi connectivity index (χ4n) is 1.43. The number of aliphatic imine (C=N–C) groups is 1. The molecular formula is C14H19F3N4O. The molecule has 0 spiro atoms. The Morgan fingerprint density at radius 3 is 2.73 bits per heavy atom. The predicted molar refractivity (Wildman–Crippen MR) is 78.8 cm³/mol. The van der Waals surface area contributed by atoms with Gasteiger partial charge in [0.05, 0.1) is 6.54 Å². The molecule has 122 valence electrons. The summed E-state index contributed by atoms with van der Waals surface area (Å²) in [6.07, 6.45) is -1.23. The summed E-state index contributed by atoms with van der Waals surface area (Å²) in [5.74, 6) is 0.557. The highest BCUT2D eigenvalue weighted by atomic mass is 19.4. The molecule has 0 saturated carbocycles. The lowest BCUT2D eigenvalue weighted by Crippen LogP contribution is -2.37. The zero-order valence-electron chi connectivity index (χ0n) is 12.3. The number of halogens is 3. The average Bonchev–Trinajstić information content (AvgIpc) is 2.48. The van der Waals surface area contributed by atoms with Gasteiger partial charge in [-0.05, 0) is 12.5 Å². The number of ether oxygens (including phenoxy) is 1. The van der Waals surface area contributed by atoms with Crippen LogP contribution in [0.15, 0.2) is 36.0 Å². The normalized spacial score (nSPS) is 11.9. The van der Waals surface area contributed by atoms with E-state index in [0.717, 1.165) is 5.56 Å². The zero-order chi connectivity index (χ0) is 16.4. The van der Waals surface area contributed by atoms with Gasteiger partial charge in [-0.3, -0.25) is 0 Å². The number of hydrogen-bond acceptors (Lipinski definition) is 3. The van der Waals surface area contributed by atoms with Crippen LogP contribution in [0, 0.1) is 0 Å². The van der Waals surface area contributed by atoms with Gasteiger partial charge >= 0.3 is 6.18 Å². The van der Waals surface area contributed by atoms with Crippen LogP contribution in [0.1, 0.15) is 12.5 Å². The maximum Gasteiger partial charge on any atom is 0.422 e. The first kappa shape index (κ1) is 17.8. The molecule has 0 aliphatic carbocycles. The van der Waals surface area contributed by atoms with Crippen LogP contribution in [0.2, 0.25) is 0 Å². The number of pyridine rings is 1. The third kappa shape index (κ3) is 7.51. The van der Waals surface area contributed by atoms with Gasteiger partial charge < -0.3 is 15.4 Å². The molecule has 1 aromatic heterocycles. The molecule has 8 heteroatoms. The molecule has 1 aromatic rings. The van der Waals surface area contributed by atoms with Crippen molar-refractivity contribution in [1.29, 1.82) is 0 Å². The van der Waals surface area contributed by atoms with Crippen LogP contribution in [0.3, 0.4) is 0 Å². The van der Waals surface area contributed by atoms with Crippen LogP contribution >= 0.6 is 0 Å². The van der Waals surface area contributed by atoms with Crippen molar-refractivity contribution in [1.82, 2.24) is 15.6 Å². The minimum Gasteiger partial charge on any atom is -0.468 e. The van der Waals surface area contributed by atoms with Gasteiger partial charge in [0.25, 0.3) is 0 Å². The lowest BCUT2D eigenvalue weighted by Gasteiger charge is -2.10. The molecule has 0 unspecified atom stereocenters. The Hall–Kier alpha value is -2.25. The third-order valence-corrected chi connectivity index (χ3v) is 2.36. The Labute approximate surface area is 127 Å². The molecule has 2 N–H and O–H groups in total. The van der Waals surface area contributed by atoms with Gasteiger partial charge in [0.2, 0.25) is 5.88 Å². The quantitative estimate of drug-likeness (QED) is 0.460. The molecule has 5 nitrogen and oxygen atoms in total. The SMILES string of the molecule is C=CCNC(=NCc1ccc(OCC(F)(F)F)nc1)NCC. The van der Waals surface area contributed by atoms with E-state index < -0.39 is 12.8 Å². The van der Waals surface area contributed by atoms with Gasteiger partial charge in [-0.15, -0.1) is 6.58 Å². The molecule has 0 bridgehead atoms. The van der Waals surface area contributed by atoms with E-state index in [0.29, 0.717) is 25.6 Å². The van der Waals surface area contributed by atoms with E-state index in [4.69, 9.17) is 0 Å². The van der Waals surface area contributed by atoms with Crippen molar-refractivity contribution in [3.8, 4) is 5.88 Å². The van der Waals surface area contributed by atoms with Gasteiger partial charge in [-0.25, -0.2) is 9.98 Å². The highest BCUT2D eigenvalue weighted by Gasteiger charge is 2.28. The van der Waals surface area contributed by atoms with Gasteiger partial charge in [0.15, 0.2) is 12.6 Å². The number of guanidine groups is 1. The molecule has 0 aromatic carbocycles. The van der Waals surface area contributed by atoms with Crippen molar-refractivity contribution in [2.45, 2.75) is 19.6 Å². The minimum atomic E-state index is -4.37. The molecule has 0 aliphatic rings. The first-order chi connectivity index (χ1) is 10.4. The summed E-state index contributed by atoms with van der Waals surface area (Å²) in [7, 11) is 0. The van der Waals surface area contributed by atoms with Crippen LogP contribution < -0.4 is 15.4 Å². The second-order valence-corrected chi connectivity index (χ2v) is 4.27. The number of rotatable bonds is 7. The lowest BCUT2D eigenvalue weighted by molar-refractivity contribution is -0.154. The van der Waals surface area contributed by atoms with Crippen LogP contribution in [0.25, 0.3) is 0 Å². The molecule has 0 amide bonds. The number of nitrogens with one attached hydrogen (secondary N) is 2. The van der Waals surface area contributed by atoms with Gasteiger partial charge in [-0.2, -0.15) is 13.2 Å². The summed E-state index contributed by atoms with van der Waals surface area (Å²) in [5.41, 5.74) is 0.759.